The molecule has 1 aromatic carbocycles. The number of fused-ring (bicyclic) bond motifs is 1. The van der Waals surface area contributed by atoms with Crippen LogP contribution >= 0.6 is 0 Å². The van der Waals surface area contributed by atoms with Crippen molar-refractivity contribution in [2.75, 3.05) is 6.54 Å². The van der Waals surface area contributed by atoms with Crippen LogP contribution in [0.5, 0.6) is 5.75 Å². The van der Waals surface area contributed by atoms with Crippen molar-refractivity contribution in [2.45, 2.75) is 38.8 Å². The summed E-state index contributed by atoms with van der Waals surface area (Å²) < 4.78 is 32.4. The summed E-state index contributed by atoms with van der Waals surface area (Å²) in [5.74, 6) is -0.792. The fourth-order valence-electron chi connectivity index (χ4n) is 2.22. The summed E-state index contributed by atoms with van der Waals surface area (Å²) in [6.45, 7) is 4.78. The molecule has 0 saturated carbocycles. The van der Waals surface area contributed by atoms with E-state index in [0.717, 1.165) is 19.0 Å². The van der Waals surface area contributed by atoms with Crippen LogP contribution < -0.4 is 10.1 Å². The molecule has 1 N–H and O–H groups in total. The molecule has 2 nitrogen and oxygen atoms in total. The highest BCUT2D eigenvalue weighted by Crippen LogP contribution is 2.37. The molecule has 0 saturated heterocycles. The van der Waals surface area contributed by atoms with Crippen LogP contribution in [0.3, 0.4) is 0 Å². The van der Waals surface area contributed by atoms with Crippen molar-refractivity contribution in [3.05, 3.63) is 29.3 Å². The van der Waals surface area contributed by atoms with Gasteiger partial charge in [0.2, 0.25) is 0 Å². The second kappa shape index (κ2) is 5.00. The van der Waals surface area contributed by atoms with Crippen LogP contribution in [-0.4, -0.2) is 12.6 Å². The molecule has 0 bridgehead atoms. The number of rotatable bonds is 3. The van der Waals surface area contributed by atoms with E-state index in [4.69, 9.17) is 4.74 Å². The normalized spacial score (nSPS) is 23.1. The van der Waals surface area contributed by atoms with Gasteiger partial charge in [0.25, 0.3) is 0 Å². The van der Waals surface area contributed by atoms with E-state index in [-0.39, 0.29) is 12.1 Å². The third-order valence-corrected chi connectivity index (χ3v) is 2.94. The Labute approximate surface area is 100.0 Å². The summed E-state index contributed by atoms with van der Waals surface area (Å²) in [6.07, 6.45) is 1.65. The van der Waals surface area contributed by atoms with Gasteiger partial charge in [-0.2, -0.15) is 0 Å². The Morgan fingerprint density at radius 3 is 2.88 bits per heavy atom. The van der Waals surface area contributed by atoms with Gasteiger partial charge < -0.3 is 10.1 Å². The van der Waals surface area contributed by atoms with Gasteiger partial charge in [0.05, 0.1) is 6.10 Å². The van der Waals surface area contributed by atoms with E-state index in [1.54, 1.807) is 0 Å². The van der Waals surface area contributed by atoms with E-state index in [0.29, 0.717) is 17.7 Å². The highest BCUT2D eigenvalue weighted by Gasteiger charge is 2.29. The monoisotopic (exact) mass is 241 g/mol. The molecule has 1 aliphatic heterocycles. The molecule has 0 aromatic heterocycles. The Morgan fingerprint density at radius 2 is 2.18 bits per heavy atom. The topological polar surface area (TPSA) is 21.3 Å². The molecule has 0 radical (unpaired) electrons. The van der Waals surface area contributed by atoms with E-state index in [9.17, 15) is 8.78 Å². The third kappa shape index (κ3) is 2.57. The number of hydrogen-bond donors (Lipinski definition) is 1. The quantitative estimate of drug-likeness (QED) is 0.877. The zero-order valence-electron chi connectivity index (χ0n) is 10.1. The maximum Gasteiger partial charge on any atom is 0.134 e. The number of halogens is 2. The average molecular weight is 241 g/mol. The maximum atomic E-state index is 13.8. The lowest BCUT2D eigenvalue weighted by Crippen LogP contribution is -2.32. The minimum absolute atomic E-state index is 0.0296. The highest BCUT2D eigenvalue weighted by atomic mass is 19.1. The van der Waals surface area contributed by atoms with Gasteiger partial charge in [-0.3, -0.25) is 0 Å². The van der Waals surface area contributed by atoms with Crippen LogP contribution in [0.2, 0.25) is 0 Å². The van der Waals surface area contributed by atoms with Gasteiger partial charge >= 0.3 is 0 Å². The van der Waals surface area contributed by atoms with Crippen LogP contribution in [0.25, 0.3) is 0 Å². The van der Waals surface area contributed by atoms with Crippen LogP contribution in [0.15, 0.2) is 12.1 Å². The molecule has 2 atom stereocenters. The molecule has 1 aromatic rings. The molecule has 0 fully saturated rings. The van der Waals surface area contributed by atoms with Crippen molar-refractivity contribution in [3.8, 4) is 5.75 Å². The summed E-state index contributed by atoms with van der Waals surface area (Å²) in [7, 11) is 0. The Kier molecular flexibility index (Phi) is 3.62. The van der Waals surface area contributed by atoms with Crippen LogP contribution in [0, 0.1) is 11.6 Å². The summed E-state index contributed by atoms with van der Waals surface area (Å²) in [6, 6.07) is 2.09. The van der Waals surface area contributed by atoms with Crippen molar-refractivity contribution >= 4 is 0 Å². The molecule has 0 aliphatic carbocycles. The van der Waals surface area contributed by atoms with Gasteiger partial charge in [-0.25, -0.2) is 8.78 Å². The van der Waals surface area contributed by atoms with Gasteiger partial charge in [0.1, 0.15) is 17.4 Å². The molecular weight excluding hydrogens is 224 g/mol. The van der Waals surface area contributed by atoms with Crippen LogP contribution in [0.4, 0.5) is 8.78 Å². The molecule has 2 rings (SSSR count). The summed E-state index contributed by atoms with van der Waals surface area (Å²) in [5, 5.41) is 3.28. The molecule has 4 heteroatoms. The SMILES string of the molecule is CCCNC1CC(C)Oc2cc(F)cc(F)c21. The van der Waals surface area contributed by atoms with E-state index in [1.807, 2.05) is 6.92 Å². The average Bonchev–Trinajstić information content (AvgIpc) is 2.24. The van der Waals surface area contributed by atoms with Gasteiger partial charge in [-0.1, -0.05) is 6.92 Å². The fraction of sp³-hybridized carbons (Fsp3) is 0.538. The number of ether oxygens (including phenoxy) is 1. The number of hydrogen-bond acceptors (Lipinski definition) is 2. The second-order valence-electron chi connectivity index (χ2n) is 4.47. The molecule has 1 aliphatic rings. The van der Waals surface area contributed by atoms with Gasteiger partial charge in [-0.05, 0) is 19.9 Å². The van der Waals surface area contributed by atoms with E-state index in [1.165, 1.54) is 6.07 Å². The van der Waals surface area contributed by atoms with Crippen LogP contribution in [-0.2, 0) is 0 Å². The minimum Gasteiger partial charge on any atom is -0.490 e. The molecule has 0 amide bonds. The zero-order chi connectivity index (χ0) is 12.4. The molecule has 0 spiro atoms. The standard InChI is InChI=1S/C13H17F2NO/c1-3-4-16-11-5-8(2)17-12-7-9(14)6-10(15)13(11)12/h6-8,11,16H,3-5H2,1-2H3. The first-order valence-electron chi connectivity index (χ1n) is 6.00. The van der Waals surface area contributed by atoms with E-state index in [2.05, 4.69) is 12.2 Å². The Bertz CT molecular complexity index is 409. The Hall–Kier alpha value is -1.16. The summed E-state index contributed by atoms with van der Waals surface area (Å²) in [4.78, 5) is 0. The van der Waals surface area contributed by atoms with Crippen molar-refractivity contribution in [1.29, 1.82) is 0 Å². The first-order valence-corrected chi connectivity index (χ1v) is 6.00. The minimum atomic E-state index is -0.593. The third-order valence-electron chi connectivity index (χ3n) is 2.94. The largest absolute Gasteiger partial charge is 0.490 e. The van der Waals surface area contributed by atoms with Gasteiger partial charge in [0.15, 0.2) is 0 Å². The fourth-order valence-corrected chi connectivity index (χ4v) is 2.22. The van der Waals surface area contributed by atoms with Crippen molar-refractivity contribution in [2.24, 2.45) is 0 Å². The molecular formula is C13H17F2NO. The highest BCUT2D eigenvalue weighted by molar-refractivity contribution is 5.39. The van der Waals surface area contributed by atoms with E-state index < -0.39 is 11.6 Å². The first-order chi connectivity index (χ1) is 8.11. The van der Waals surface area contributed by atoms with Gasteiger partial charge in [0, 0.05) is 30.2 Å². The maximum absolute atomic E-state index is 13.8. The van der Waals surface area contributed by atoms with Crippen molar-refractivity contribution < 1.29 is 13.5 Å². The Morgan fingerprint density at radius 1 is 1.41 bits per heavy atom. The molecule has 94 valence electrons. The smallest absolute Gasteiger partial charge is 0.134 e. The predicted molar refractivity (Wildman–Crippen MR) is 62.1 cm³/mol. The molecule has 1 heterocycles. The number of nitrogens with one attached hydrogen (secondary N) is 1. The number of benzene rings is 1. The summed E-state index contributed by atoms with van der Waals surface area (Å²) >= 11 is 0. The first kappa shape index (κ1) is 12.3. The zero-order valence-corrected chi connectivity index (χ0v) is 10.1. The van der Waals surface area contributed by atoms with E-state index >= 15 is 0 Å². The lowest BCUT2D eigenvalue weighted by atomic mass is 9.96. The van der Waals surface area contributed by atoms with Crippen molar-refractivity contribution in [3.63, 3.8) is 0 Å². The van der Waals surface area contributed by atoms with Crippen molar-refractivity contribution in [1.82, 2.24) is 5.32 Å². The van der Waals surface area contributed by atoms with Crippen LogP contribution in [0.1, 0.15) is 38.3 Å². The molecule has 17 heavy (non-hydrogen) atoms. The lowest BCUT2D eigenvalue weighted by Gasteiger charge is -2.31. The Balaban J connectivity index is 2.34. The lowest BCUT2D eigenvalue weighted by molar-refractivity contribution is 0.162. The predicted octanol–water partition coefficient (Wildman–Crippen LogP) is 3.18. The second-order valence-corrected chi connectivity index (χ2v) is 4.47. The molecule has 2 unspecified atom stereocenters. The summed E-state index contributed by atoms with van der Waals surface area (Å²) in [5.41, 5.74) is 0.456. The van der Waals surface area contributed by atoms with Gasteiger partial charge in [-0.15, -0.1) is 0 Å².